The van der Waals surface area contributed by atoms with Crippen molar-refractivity contribution in [1.82, 2.24) is 19.9 Å². The van der Waals surface area contributed by atoms with Gasteiger partial charge < -0.3 is 9.64 Å². The van der Waals surface area contributed by atoms with Crippen LogP contribution in [0, 0.1) is 11.8 Å². The molecule has 6 nitrogen and oxygen atoms in total. The molecule has 1 aromatic heterocycles. The van der Waals surface area contributed by atoms with E-state index in [0.29, 0.717) is 30.0 Å². The summed E-state index contributed by atoms with van der Waals surface area (Å²) in [7, 11) is 1.55. The Labute approximate surface area is 142 Å². The Kier molecular flexibility index (Phi) is 4.83. The van der Waals surface area contributed by atoms with Gasteiger partial charge in [0.05, 0.1) is 13.7 Å². The van der Waals surface area contributed by atoms with E-state index in [4.69, 9.17) is 4.74 Å². The topological polar surface area (TPSA) is 60.2 Å². The Bertz CT molecular complexity index is 688. The van der Waals surface area contributed by atoms with Crippen molar-refractivity contribution in [3.63, 3.8) is 0 Å². The van der Waals surface area contributed by atoms with E-state index >= 15 is 0 Å². The largest absolute Gasteiger partial charge is 0.479 e. The van der Waals surface area contributed by atoms with Gasteiger partial charge in [-0.2, -0.15) is 0 Å². The van der Waals surface area contributed by atoms with Gasteiger partial charge in [-0.1, -0.05) is 49.4 Å². The van der Waals surface area contributed by atoms with E-state index < -0.39 is 0 Å². The van der Waals surface area contributed by atoms with Crippen molar-refractivity contribution in [3.8, 4) is 5.88 Å². The first-order valence-corrected chi connectivity index (χ1v) is 8.39. The van der Waals surface area contributed by atoms with E-state index in [1.54, 1.807) is 11.8 Å². The molecule has 1 aromatic carbocycles. The fraction of sp³-hybridized carbons (Fsp3) is 0.500. The number of rotatable bonds is 4. The number of carbonyl (C=O) groups is 1. The third-order valence-corrected chi connectivity index (χ3v) is 4.42. The molecule has 0 spiro atoms. The number of methoxy groups -OCH3 is 1. The van der Waals surface area contributed by atoms with Gasteiger partial charge in [-0.3, -0.25) is 4.79 Å². The Morgan fingerprint density at radius 3 is 2.50 bits per heavy atom. The number of benzene rings is 1. The molecule has 0 radical (unpaired) electrons. The van der Waals surface area contributed by atoms with Gasteiger partial charge in [0.2, 0.25) is 11.6 Å². The maximum absolute atomic E-state index is 12.9. The minimum Gasteiger partial charge on any atom is -0.479 e. The molecule has 1 aliphatic rings. The van der Waals surface area contributed by atoms with Gasteiger partial charge in [0, 0.05) is 13.1 Å². The predicted molar refractivity (Wildman–Crippen MR) is 91.0 cm³/mol. The second-order valence-corrected chi connectivity index (χ2v) is 6.75. The van der Waals surface area contributed by atoms with Crippen LogP contribution in [0.5, 0.6) is 5.88 Å². The number of nitrogens with zero attached hydrogens (tertiary/aromatic N) is 4. The fourth-order valence-electron chi connectivity index (χ4n) is 3.48. The molecule has 2 aromatic rings. The lowest BCUT2D eigenvalue weighted by Crippen LogP contribution is -2.42. The molecule has 3 rings (SSSR count). The van der Waals surface area contributed by atoms with Crippen LogP contribution < -0.4 is 4.74 Å². The number of amides is 1. The van der Waals surface area contributed by atoms with E-state index in [1.165, 1.54) is 0 Å². The van der Waals surface area contributed by atoms with Crippen molar-refractivity contribution in [2.24, 2.45) is 11.8 Å². The Morgan fingerprint density at radius 1 is 1.21 bits per heavy atom. The molecule has 0 bridgehead atoms. The van der Waals surface area contributed by atoms with Crippen molar-refractivity contribution >= 4 is 5.91 Å². The summed E-state index contributed by atoms with van der Waals surface area (Å²) in [4.78, 5) is 14.7. The van der Waals surface area contributed by atoms with Crippen LogP contribution in [0.25, 0.3) is 0 Å². The number of aromatic nitrogens is 3. The van der Waals surface area contributed by atoms with Crippen LogP contribution in [-0.2, 0) is 6.54 Å². The van der Waals surface area contributed by atoms with Crippen molar-refractivity contribution in [1.29, 1.82) is 0 Å². The van der Waals surface area contributed by atoms with E-state index in [1.807, 2.05) is 35.2 Å². The molecule has 1 amide bonds. The molecule has 0 unspecified atom stereocenters. The minimum absolute atomic E-state index is 0.0930. The van der Waals surface area contributed by atoms with Crippen molar-refractivity contribution < 1.29 is 9.53 Å². The smallest absolute Gasteiger partial charge is 0.280 e. The summed E-state index contributed by atoms with van der Waals surface area (Å²) in [6.07, 6.45) is 1.15. The highest BCUT2D eigenvalue weighted by molar-refractivity contribution is 5.94. The van der Waals surface area contributed by atoms with Crippen LogP contribution >= 0.6 is 0 Å². The van der Waals surface area contributed by atoms with Gasteiger partial charge in [-0.15, -0.1) is 5.10 Å². The lowest BCUT2D eigenvalue weighted by atomic mass is 9.92. The maximum atomic E-state index is 12.9. The molecule has 0 N–H and O–H groups in total. The lowest BCUT2D eigenvalue weighted by molar-refractivity contribution is 0.0613. The number of carbonyl (C=O) groups excluding carboxylic acids is 1. The summed E-state index contributed by atoms with van der Waals surface area (Å²) < 4.78 is 7.08. The second kappa shape index (κ2) is 7.03. The molecule has 24 heavy (non-hydrogen) atoms. The third-order valence-electron chi connectivity index (χ3n) is 4.42. The Hall–Kier alpha value is -2.37. The van der Waals surface area contributed by atoms with Crippen molar-refractivity contribution in [3.05, 3.63) is 41.6 Å². The molecular formula is C18H24N4O2. The quantitative estimate of drug-likeness (QED) is 0.865. The van der Waals surface area contributed by atoms with Crippen LogP contribution in [0.15, 0.2) is 30.3 Å². The van der Waals surface area contributed by atoms with Crippen molar-refractivity contribution in [2.75, 3.05) is 20.2 Å². The van der Waals surface area contributed by atoms with Gasteiger partial charge in [0.25, 0.3) is 5.91 Å². The van der Waals surface area contributed by atoms with Crippen LogP contribution in [0.2, 0.25) is 0 Å². The van der Waals surface area contributed by atoms with Gasteiger partial charge >= 0.3 is 0 Å². The average molecular weight is 328 g/mol. The summed E-state index contributed by atoms with van der Waals surface area (Å²) in [5, 5.41) is 8.24. The van der Waals surface area contributed by atoms with E-state index in [2.05, 4.69) is 24.2 Å². The van der Waals surface area contributed by atoms with Gasteiger partial charge in [-0.25, -0.2) is 4.68 Å². The lowest BCUT2D eigenvalue weighted by Gasteiger charge is -2.34. The summed E-state index contributed by atoms with van der Waals surface area (Å²) in [5.74, 6) is 1.34. The normalized spacial score (nSPS) is 20.9. The van der Waals surface area contributed by atoms with E-state index in [9.17, 15) is 4.79 Å². The van der Waals surface area contributed by atoms with E-state index in [0.717, 1.165) is 25.1 Å². The Morgan fingerprint density at radius 2 is 1.88 bits per heavy atom. The molecule has 0 saturated carbocycles. The standard InChI is InChI=1S/C18H24N4O2/c1-13-9-14(2)11-21(10-13)17(23)16-18(24-3)22(20-19-16)12-15-7-5-4-6-8-15/h4-8,13-14H,9-12H2,1-3H3/t13-,14-/m0/s1. The molecule has 1 saturated heterocycles. The molecule has 2 atom stereocenters. The van der Waals surface area contributed by atoms with Gasteiger partial charge in [0.15, 0.2) is 0 Å². The molecule has 6 heteroatoms. The van der Waals surface area contributed by atoms with Crippen LogP contribution in [0.3, 0.4) is 0 Å². The highest BCUT2D eigenvalue weighted by Crippen LogP contribution is 2.25. The first-order valence-electron chi connectivity index (χ1n) is 8.39. The van der Waals surface area contributed by atoms with Crippen molar-refractivity contribution in [2.45, 2.75) is 26.8 Å². The summed E-state index contributed by atoms with van der Waals surface area (Å²) in [6.45, 7) is 6.41. The van der Waals surface area contributed by atoms with Crippen LogP contribution in [0.1, 0.15) is 36.3 Å². The summed E-state index contributed by atoms with van der Waals surface area (Å²) in [5.41, 5.74) is 1.38. The zero-order valence-corrected chi connectivity index (χ0v) is 14.5. The number of ether oxygens (including phenoxy) is 1. The zero-order chi connectivity index (χ0) is 17.1. The van der Waals surface area contributed by atoms with Crippen LogP contribution in [0.4, 0.5) is 0 Å². The maximum Gasteiger partial charge on any atom is 0.280 e. The van der Waals surface area contributed by atoms with Crippen LogP contribution in [-0.4, -0.2) is 46.0 Å². The number of likely N-dealkylation sites (tertiary alicyclic amines) is 1. The summed E-state index contributed by atoms with van der Waals surface area (Å²) in [6, 6.07) is 9.94. The third kappa shape index (κ3) is 3.42. The van der Waals surface area contributed by atoms with Gasteiger partial charge in [-0.05, 0) is 23.8 Å². The number of hydrogen-bond donors (Lipinski definition) is 0. The average Bonchev–Trinajstić information content (AvgIpc) is 2.96. The molecule has 1 fully saturated rings. The molecular weight excluding hydrogens is 304 g/mol. The number of piperidine rings is 1. The first-order chi connectivity index (χ1) is 11.6. The van der Waals surface area contributed by atoms with E-state index in [-0.39, 0.29) is 5.91 Å². The highest BCUT2D eigenvalue weighted by Gasteiger charge is 2.30. The van der Waals surface area contributed by atoms with Gasteiger partial charge in [0.1, 0.15) is 0 Å². The highest BCUT2D eigenvalue weighted by atomic mass is 16.5. The summed E-state index contributed by atoms with van der Waals surface area (Å²) >= 11 is 0. The molecule has 128 valence electrons. The predicted octanol–water partition coefficient (Wildman–Crippen LogP) is 2.45. The fourth-order valence-corrected chi connectivity index (χ4v) is 3.48. The number of hydrogen-bond acceptors (Lipinski definition) is 4. The Balaban J connectivity index is 1.82. The second-order valence-electron chi connectivity index (χ2n) is 6.75. The molecule has 2 heterocycles. The zero-order valence-electron chi connectivity index (χ0n) is 14.5. The minimum atomic E-state index is -0.0930. The first kappa shape index (κ1) is 16.5. The monoisotopic (exact) mass is 328 g/mol. The SMILES string of the molecule is COc1c(C(=O)N2C[C@@H](C)C[C@H](C)C2)nnn1Cc1ccccc1. The molecule has 0 aliphatic carbocycles. The molecule has 1 aliphatic heterocycles.